The lowest BCUT2D eigenvalue weighted by Gasteiger charge is -2.35. The minimum atomic E-state index is -2.86. The average Bonchev–Trinajstić information content (AvgIpc) is 3.16. The summed E-state index contributed by atoms with van der Waals surface area (Å²) in [5.74, 6) is 0. The van der Waals surface area contributed by atoms with Gasteiger partial charge in [-0.15, -0.1) is 0 Å². The van der Waals surface area contributed by atoms with Crippen molar-refractivity contribution in [2.45, 2.75) is 25.9 Å². The van der Waals surface area contributed by atoms with Gasteiger partial charge in [-0.2, -0.15) is 0 Å². The Balaban J connectivity index is 1.73. The largest absolute Gasteiger partial charge is 0.301 e. The number of nitrogens with zero attached hydrogens (tertiary/aromatic N) is 1. The number of hydrogen-bond acceptors (Lipinski definition) is 1. The van der Waals surface area contributed by atoms with Crippen molar-refractivity contribution in [2.24, 2.45) is 0 Å². The molecule has 5 rings (SSSR count). The third-order valence-electron chi connectivity index (χ3n) is 6.70. The molecule has 0 aromatic heterocycles. The molecular weight excluding hydrogens is 397 g/mol. The molecule has 2 atom stereocenters. The lowest BCUT2D eigenvalue weighted by Crippen LogP contribution is -2.22. The minimum absolute atomic E-state index is 0.0209. The molecule has 3 heteroatoms. The number of rotatable bonds is 5. The Morgan fingerprint density at radius 2 is 1.35 bits per heavy atom. The maximum absolute atomic E-state index is 15.2. The smallest absolute Gasteiger partial charge is 0.186 e. The molecule has 0 aliphatic carbocycles. The summed E-state index contributed by atoms with van der Waals surface area (Å²) in [7, 11) is -2.86. The first-order chi connectivity index (χ1) is 15.2. The summed E-state index contributed by atoms with van der Waals surface area (Å²) in [4.78, 5) is 0. The SMILES string of the molecule is CCN(CC)[P@@]1(=O)C(c2cccc3ccccc23)=CC[C@H]1c1cccc2ccccc12. The van der Waals surface area contributed by atoms with E-state index in [1.807, 2.05) is 0 Å². The zero-order valence-electron chi connectivity index (χ0n) is 18.2. The Kier molecular flexibility index (Phi) is 5.30. The van der Waals surface area contributed by atoms with Crippen molar-refractivity contribution in [1.29, 1.82) is 0 Å². The van der Waals surface area contributed by atoms with E-state index in [2.05, 4.69) is 110 Å². The van der Waals surface area contributed by atoms with Gasteiger partial charge in [0.25, 0.3) is 0 Å². The van der Waals surface area contributed by atoms with E-state index in [1.165, 1.54) is 27.1 Å². The van der Waals surface area contributed by atoms with Gasteiger partial charge in [0.05, 0.1) is 5.66 Å². The molecule has 1 aliphatic heterocycles. The molecule has 0 saturated carbocycles. The molecule has 1 heterocycles. The Bertz CT molecular complexity index is 1320. The van der Waals surface area contributed by atoms with Gasteiger partial charge in [0, 0.05) is 18.4 Å². The summed E-state index contributed by atoms with van der Waals surface area (Å²) in [6.07, 6.45) is 3.06. The summed E-state index contributed by atoms with van der Waals surface area (Å²) in [5.41, 5.74) is 2.31. The Hall–Kier alpha value is -2.67. The van der Waals surface area contributed by atoms with Crippen molar-refractivity contribution < 1.29 is 4.57 Å². The van der Waals surface area contributed by atoms with Crippen LogP contribution in [-0.2, 0) is 4.57 Å². The molecule has 1 aliphatic rings. The highest BCUT2D eigenvalue weighted by Crippen LogP contribution is 2.75. The van der Waals surface area contributed by atoms with Crippen LogP contribution in [0, 0.1) is 0 Å². The van der Waals surface area contributed by atoms with Gasteiger partial charge in [-0.3, -0.25) is 0 Å². The first kappa shape index (κ1) is 20.2. The van der Waals surface area contributed by atoms with Crippen molar-refractivity contribution in [3.8, 4) is 0 Å². The minimum Gasteiger partial charge on any atom is -0.301 e. The molecule has 4 aromatic rings. The lowest BCUT2D eigenvalue weighted by molar-refractivity contribution is 0.444. The summed E-state index contributed by atoms with van der Waals surface area (Å²) in [6, 6.07) is 29.7. The van der Waals surface area contributed by atoms with E-state index in [9.17, 15) is 0 Å². The van der Waals surface area contributed by atoms with E-state index in [0.717, 1.165) is 30.4 Å². The van der Waals surface area contributed by atoms with Crippen molar-refractivity contribution >= 4 is 34.2 Å². The second-order valence-corrected chi connectivity index (χ2v) is 11.1. The van der Waals surface area contributed by atoms with Gasteiger partial charge in [-0.1, -0.05) is 105 Å². The van der Waals surface area contributed by atoms with Crippen molar-refractivity contribution in [3.63, 3.8) is 0 Å². The standard InChI is InChI=1S/C28H28NOP/c1-3-29(4-2)31(30)27(25-17-9-13-21-11-5-7-15-23(21)25)19-20-28(31)26-18-10-14-22-12-6-8-16-24(22)26/h5-19,28H,3-4,20H2,1-2H3/t28-,31+/m0/s1. The van der Waals surface area contributed by atoms with Crippen LogP contribution < -0.4 is 0 Å². The molecule has 0 amide bonds. The fraction of sp³-hybridized carbons (Fsp3) is 0.214. The van der Waals surface area contributed by atoms with Gasteiger partial charge >= 0.3 is 0 Å². The van der Waals surface area contributed by atoms with E-state index in [0.29, 0.717) is 0 Å². The molecule has 0 spiro atoms. The maximum Gasteiger partial charge on any atom is 0.186 e. The highest BCUT2D eigenvalue weighted by molar-refractivity contribution is 7.72. The van der Waals surface area contributed by atoms with Gasteiger partial charge in [-0.05, 0) is 39.1 Å². The van der Waals surface area contributed by atoms with E-state index in [1.54, 1.807) is 0 Å². The molecule has 0 saturated heterocycles. The molecule has 0 fully saturated rings. The fourth-order valence-electron chi connectivity index (χ4n) is 5.25. The molecule has 0 radical (unpaired) electrons. The summed E-state index contributed by atoms with van der Waals surface area (Å²) >= 11 is 0. The van der Waals surface area contributed by atoms with Crippen LogP contribution >= 0.6 is 7.29 Å². The van der Waals surface area contributed by atoms with Crippen LogP contribution in [0.3, 0.4) is 0 Å². The van der Waals surface area contributed by atoms with Gasteiger partial charge < -0.3 is 4.57 Å². The maximum atomic E-state index is 15.2. The highest BCUT2D eigenvalue weighted by atomic mass is 31.2. The molecule has 2 nitrogen and oxygen atoms in total. The predicted octanol–water partition coefficient (Wildman–Crippen LogP) is 8.10. The molecule has 0 N–H and O–H groups in total. The van der Waals surface area contributed by atoms with Crippen LogP contribution in [0.5, 0.6) is 0 Å². The van der Waals surface area contributed by atoms with E-state index >= 15 is 4.57 Å². The predicted molar refractivity (Wildman–Crippen MR) is 134 cm³/mol. The molecule has 156 valence electrons. The van der Waals surface area contributed by atoms with E-state index in [-0.39, 0.29) is 5.66 Å². The van der Waals surface area contributed by atoms with Gasteiger partial charge in [0.2, 0.25) is 0 Å². The van der Waals surface area contributed by atoms with Crippen molar-refractivity contribution in [3.05, 3.63) is 102 Å². The van der Waals surface area contributed by atoms with Crippen molar-refractivity contribution in [2.75, 3.05) is 13.1 Å². The van der Waals surface area contributed by atoms with Crippen LogP contribution in [0.15, 0.2) is 91.0 Å². The normalized spacial score (nSPS) is 21.1. The van der Waals surface area contributed by atoms with Crippen LogP contribution in [0.4, 0.5) is 0 Å². The molecule has 4 aromatic carbocycles. The summed E-state index contributed by atoms with van der Waals surface area (Å²) < 4.78 is 17.4. The first-order valence-electron chi connectivity index (χ1n) is 11.2. The Morgan fingerprint density at radius 3 is 2.06 bits per heavy atom. The van der Waals surface area contributed by atoms with Gasteiger partial charge in [0.1, 0.15) is 0 Å². The topological polar surface area (TPSA) is 20.3 Å². The van der Waals surface area contributed by atoms with Crippen LogP contribution in [-0.4, -0.2) is 17.8 Å². The molecular formula is C28H28NOP. The summed E-state index contributed by atoms with van der Waals surface area (Å²) in [5, 5.41) is 5.84. The van der Waals surface area contributed by atoms with Crippen molar-refractivity contribution in [1.82, 2.24) is 4.67 Å². The van der Waals surface area contributed by atoms with Gasteiger partial charge in [-0.25, -0.2) is 4.67 Å². The second kappa shape index (κ2) is 8.11. The Morgan fingerprint density at radius 1 is 0.774 bits per heavy atom. The number of fused-ring (bicyclic) bond motifs is 2. The molecule has 0 bridgehead atoms. The number of hydrogen-bond donors (Lipinski definition) is 0. The number of allylic oxidation sites excluding steroid dienone is 1. The third-order valence-corrected chi connectivity index (χ3v) is 10.6. The molecule has 0 unspecified atom stereocenters. The second-order valence-electron chi connectivity index (χ2n) is 8.20. The first-order valence-corrected chi connectivity index (χ1v) is 12.9. The monoisotopic (exact) mass is 425 g/mol. The quantitative estimate of drug-likeness (QED) is 0.301. The lowest BCUT2D eigenvalue weighted by atomic mass is 10.00. The average molecular weight is 426 g/mol. The Labute approximate surface area is 184 Å². The summed E-state index contributed by atoms with van der Waals surface area (Å²) in [6.45, 7) is 5.80. The third kappa shape index (κ3) is 3.17. The van der Waals surface area contributed by atoms with E-state index < -0.39 is 7.29 Å². The van der Waals surface area contributed by atoms with Gasteiger partial charge in [0.15, 0.2) is 7.29 Å². The zero-order valence-corrected chi connectivity index (χ0v) is 19.1. The van der Waals surface area contributed by atoms with Crippen LogP contribution in [0.2, 0.25) is 0 Å². The highest BCUT2D eigenvalue weighted by Gasteiger charge is 2.46. The fourth-order valence-corrected chi connectivity index (χ4v) is 9.02. The zero-order chi connectivity index (χ0) is 21.4. The number of benzene rings is 4. The molecule has 31 heavy (non-hydrogen) atoms. The van der Waals surface area contributed by atoms with Crippen LogP contribution in [0.25, 0.3) is 26.9 Å². The van der Waals surface area contributed by atoms with Crippen LogP contribution in [0.1, 0.15) is 37.1 Å². The van der Waals surface area contributed by atoms with E-state index in [4.69, 9.17) is 0 Å².